The third kappa shape index (κ3) is 3.50. The van der Waals surface area contributed by atoms with Gasteiger partial charge in [0.2, 0.25) is 0 Å². The van der Waals surface area contributed by atoms with Crippen LogP contribution in [0.1, 0.15) is 20.8 Å². The molecule has 72 valence electrons. The van der Waals surface area contributed by atoms with Crippen LogP contribution in [0.15, 0.2) is 18.2 Å². The minimum absolute atomic E-state index is 0.231. The average Bonchev–Trinajstić information content (AvgIpc) is 1.93. The molecule has 3 heteroatoms. The lowest BCUT2D eigenvalue weighted by Gasteiger charge is -2.22. The lowest BCUT2D eigenvalue weighted by Crippen LogP contribution is -2.23. The molecule has 0 bridgehead atoms. The van der Waals surface area contributed by atoms with E-state index in [1.165, 1.54) is 12.1 Å². The first-order chi connectivity index (χ1) is 5.88. The third-order valence-electron chi connectivity index (χ3n) is 1.31. The SMILES string of the molecule is CC(C)(C)Oc1ccc(F)cc1I. The van der Waals surface area contributed by atoms with Crippen LogP contribution in [0.4, 0.5) is 4.39 Å². The molecule has 0 aromatic heterocycles. The van der Waals surface area contributed by atoms with Gasteiger partial charge in [-0.3, -0.25) is 0 Å². The average molecular weight is 294 g/mol. The topological polar surface area (TPSA) is 9.23 Å². The summed E-state index contributed by atoms with van der Waals surface area (Å²) in [5, 5.41) is 0. The fourth-order valence-electron chi connectivity index (χ4n) is 0.888. The van der Waals surface area contributed by atoms with Gasteiger partial charge in [0.05, 0.1) is 3.57 Å². The summed E-state index contributed by atoms with van der Waals surface area (Å²) in [4.78, 5) is 0. The van der Waals surface area contributed by atoms with E-state index in [0.29, 0.717) is 0 Å². The van der Waals surface area contributed by atoms with E-state index in [4.69, 9.17) is 4.74 Å². The van der Waals surface area contributed by atoms with Crippen molar-refractivity contribution in [1.29, 1.82) is 0 Å². The van der Waals surface area contributed by atoms with Crippen molar-refractivity contribution < 1.29 is 9.13 Å². The maximum Gasteiger partial charge on any atom is 0.133 e. The molecule has 1 nitrogen and oxygen atoms in total. The Kier molecular flexibility index (Phi) is 3.16. The third-order valence-corrected chi connectivity index (χ3v) is 2.15. The standard InChI is InChI=1S/C10H12FIO/c1-10(2,3)13-9-5-4-7(11)6-8(9)12/h4-6H,1-3H3. The molecule has 0 unspecified atom stereocenters. The van der Waals surface area contributed by atoms with Crippen LogP contribution in [0.3, 0.4) is 0 Å². The van der Waals surface area contributed by atoms with Gasteiger partial charge < -0.3 is 4.74 Å². The van der Waals surface area contributed by atoms with Crippen LogP contribution in [-0.4, -0.2) is 5.60 Å². The van der Waals surface area contributed by atoms with Crippen LogP contribution in [0.25, 0.3) is 0 Å². The first kappa shape index (κ1) is 10.8. The highest BCUT2D eigenvalue weighted by molar-refractivity contribution is 14.1. The predicted octanol–water partition coefficient (Wildman–Crippen LogP) is 3.61. The van der Waals surface area contributed by atoms with Crippen molar-refractivity contribution in [3.8, 4) is 5.75 Å². The Morgan fingerprint density at radius 3 is 2.38 bits per heavy atom. The molecule has 0 radical (unpaired) electrons. The normalized spacial score (nSPS) is 11.5. The summed E-state index contributed by atoms with van der Waals surface area (Å²) in [5.41, 5.74) is -0.238. The summed E-state index contributed by atoms with van der Waals surface area (Å²) in [6.45, 7) is 5.89. The molecule has 0 atom stereocenters. The molecule has 1 aromatic carbocycles. The predicted molar refractivity (Wildman–Crippen MR) is 59.5 cm³/mol. The molecule has 0 aliphatic rings. The molecule has 1 aromatic rings. The highest BCUT2D eigenvalue weighted by atomic mass is 127. The zero-order chi connectivity index (χ0) is 10.1. The van der Waals surface area contributed by atoms with Crippen molar-refractivity contribution in [2.24, 2.45) is 0 Å². The van der Waals surface area contributed by atoms with Gasteiger partial charge in [0, 0.05) is 0 Å². The van der Waals surface area contributed by atoms with Crippen molar-refractivity contribution in [2.75, 3.05) is 0 Å². The van der Waals surface area contributed by atoms with Gasteiger partial charge in [0.15, 0.2) is 0 Å². The molecule has 0 N–H and O–H groups in total. The minimum Gasteiger partial charge on any atom is -0.487 e. The van der Waals surface area contributed by atoms with Crippen molar-refractivity contribution >= 4 is 22.6 Å². The molecule has 0 spiro atoms. The van der Waals surface area contributed by atoms with E-state index in [1.54, 1.807) is 6.07 Å². The van der Waals surface area contributed by atoms with Gasteiger partial charge >= 0.3 is 0 Å². The van der Waals surface area contributed by atoms with E-state index in [2.05, 4.69) is 22.6 Å². The Morgan fingerprint density at radius 2 is 1.92 bits per heavy atom. The summed E-state index contributed by atoms with van der Waals surface area (Å²) >= 11 is 2.06. The largest absolute Gasteiger partial charge is 0.487 e. The Morgan fingerprint density at radius 1 is 1.31 bits per heavy atom. The number of rotatable bonds is 1. The van der Waals surface area contributed by atoms with Gasteiger partial charge in [-0.05, 0) is 61.6 Å². The smallest absolute Gasteiger partial charge is 0.133 e. The zero-order valence-corrected chi connectivity index (χ0v) is 10.1. The highest BCUT2D eigenvalue weighted by Crippen LogP contribution is 2.25. The Hall–Kier alpha value is -0.320. The quantitative estimate of drug-likeness (QED) is 0.719. The second kappa shape index (κ2) is 3.82. The molecule has 1 rings (SSSR count). The lowest BCUT2D eigenvalue weighted by atomic mass is 10.2. The Labute approximate surface area is 91.4 Å². The molecular weight excluding hydrogens is 282 g/mol. The van der Waals surface area contributed by atoms with Gasteiger partial charge in [-0.25, -0.2) is 4.39 Å². The summed E-state index contributed by atoms with van der Waals surface area (Å²) in [6, 6.07) is 4.52. The van der Waals surface area contributed by atoms with Crippen molar-refractivity contribution in [3.63, 3.8) is 0 Å². The van der Waals surface area contributed by atoms with E-state index < -0.39 is 0 Å². The van der Waals surface area contributed by atoms with Crippen LogP contribution >= 0.6 is 22.6 Å². The van der Waals surface area contributed by atoms with E-state index in [0.717, 1.165) is 9.32 Å². The lowest BCUT2D eigenvalue weighted by molar-refractivity contribution is 0.129. The fraction of sp³-hybridized carbons (Fsp3) is 0.400. The molecule has 0 amide bonds. The molecule has 0 aliphatic heterocycles. The number of halogens is 2. The number of hydrogen-bond acceptors (Lipinski definition) is 1. The van der Waals surface area contributed by atoms with E-state index in [1.807, 2.05) is 20.8 Å². The zero-order valence-electron chi connectivity index (χ0n) is 7.90. The van der Waals surface area contributed by atoms with Gasteiger partial charge in [-0.15, -0.1) is 0 Å². The molecule has 0 saturated carbocycles. The molecular formula is C10H12FIO. The number of ether oxygens (including phenoxy) is 1. The second-order valence-electron chi connectivity index (χ2n) is 3.79. The number of benzene rings is 1. The first-order valence-electron chi connectivity index (χ1n) is 4.02. The van der Waals surface area contributed by atoms with E-state index >= 15 is 0 Å². The Bertz CT molecular complexity index is 304. The number of hydrogen-bond donors (Lipinski definition) is 0. The fourth-order valence-corrected chi connectivity index (χ4v) is 1.48. The van der Waals surface area contributed by atoms with Crippen LogP contribution in [0, 0.1) is 9.39 Å². The monoisotopic (exact) mass is 294 g/mol. The highest BCUT2D eigenvalue weighted by Gasteiger charge is 2.13. The van der Waals surface area contributed by atoms with Gasteiger partial charge in [0.1, 0.15) is 17.2 Å². The van der Waals surface area contributed by atoms with Crippen LogP contribution in [0.2, 0.25) is 0 Å². The molecule has 0 heterocycles. The van der Waals surface area contributed by atoms with Gasteiger partial charge in [0.25, 0.3) is 0 Å². The van der Waals surface area contributed by atoms with Crippen molar-refractivity contribution in [3.05, 3.63) is 27.6 Å². The van der Waals surface area contributed by atoms with Gasteiger partial charge in [-0.2, -0.15) is 0 Å². The second-order valence-corrected chi connectivity index (χ2v) is 4.95. The van der Waals surface area contributed by atoms with E-state index in [9.17, 15) is 4.39 Å². The first-order valence-corrected chi connectivity index (χ1v) is 5.10. The van der Waals surface area contributed by atoms with Crippen LogP contribution in [0.5, 0.6) is 5.75 Å². The maximum atomic E-state index is 12.7. The molecule has 0 aliphatic carbocycles. The van der Waals surface area contributed by atoms with Crippen molar-refractivity contribution in [1.82, 2.24) is 0 Å². The maximum absolute atomic E-state index is 12.7. The summed E-state index contributed by atoms with van der Waals surface area (Å²) in [6.07, 6.45) is 0. The van der Waals surface area contributed by atoms with Crippen LogP contribution < -0.4 is 4.74 Å². The van der Waals surface area contributed by atoms with Gasteiger partial charge in [-0.1, -0.05) is 0 Å². The summed E-state index contributed by atoms with van der Waals surface area (Å²) in [7, 11) is 0. The summed E-state index contributed by atoms with van der Waals surface area (Å²) in [5.74, 6) is 0.500. The Balaban J connectivity index is 2.90. The molecule has 0 saturated heterocycles. The molecule has 13 heavy (non-hydrogen) atoms. The minimum atomic E-state index is -0.238. The van der Waals surface area contributed by atoms with Crippen LogP contribution in [-0.2, 0) is 0 Å². The van der Waals surface area contributed by atoms with Crippen molar-refractivity contribution in [2.45, 2.75) is 26.4 Å². The summed E-state index contributed by atoms with van der Waals surface area (Å²) < 4.78 is 19.1. The molecule has 0 fully saturated rings. The van der Waals surface area contributed by atoms with E-state index in [-0.39, 0.29) is 11.4 Å².